The normalized spacial score (nSPS) is 19.8. The maximum atomic E-state index is 13.3. The van der Waals surface area contributed by atoms with E-state index >= 15 is 0 Å². The Kier molecular flexibility index (Phi) is 4.94. The summed E-state index contributed by atoms with van der Waals surface area (Å²) in [5.74, 6) is -7.74. The Morgan fingerprint density at radius 2 is 1.77 bits per heavy atom. The van der Waals surface area contributed by atoms with Gasteiger partial charge in [0.15, 0.2) is 0 Å². The number of nitrogens with zero attached hydrogens (tertiary/aromatic N) is 2. The summed E-state index contributed by atoms with van der Waals surface area (Å²) in [6.07, 6.45) is -5.27. The van der Waals surface area contributed by atoms with Gasteiger partial charge in [-0.1, -0.05) is 35.5 Å². The minimum atomic E-state index is -5.90. The number of thiophene rings is 1. The molecule has 3 aromatic rings. The molecule has 30 heavy (non-hydrogen) atoms. The minimum Gasteiger partial charge on any atom is -0.332 e. The van der Waals surface area contributed by atoms with Crippen molar-refractivity contribution in [3.63, 3.8) is 0 Å². The Balaban J connectivity index is 1.49. The summed E-state index contributed by atoms with van der Waals surface area (Å²) in [5.41, 5.74) is 1.00. The van der Waals surface area contributed by atoms with Crippen molar-refractivity contribution in [1.82, 2.24) is 14.9 Å². The minimum absolute atomic E-state index is 0.0289. The van der Waals surface area contributed by atoms with Crippen LogP contribution in [0.15, 0.2) is 51.2 Å². The molecule has 160 valence electrons. The zero-order chi connectivity index (χ0) is 21.7. The number of alkyl halides is 5. The van der Waals surface area contributed by atoms with Gasteiger partial charge in [0.1, 0.15) is 4.21 Å². The van der Waals surface area contributed by atoms with Crippen molar-refractivity contribution in [3.05, 3.63) is 53.9 Å². The Bertz CT molecular complexity index is 1160. The first-order chi connectivity index (χ1) is 14.0. The molecule has 2 atom stereocenters. The number of hydrogen-bond acceptors (Lipinski definition) is 6. The standard InChI is InChI=1S/C17H12F5N3O3S2/c18-16(19,17(20,21)22)15-23-14(24-28-15)12-6-7-13(29-12)30(26,27)25-11-8-10(11)9-4-2-1-3-5-9/h1-7,10-11,25H,8H2/t10-,11+/m1/s1. The molecule has 1 saturated carbocycles. The highest BCUT2D eigenvalue weighted by molar-refractivity contribution is 7.91. The van der Waals surface area contributed by atoms with Crippen LogP contribution >= 0.6 is 11.3 Å². The quantitative estimate of drug-likeness (QED) is 0.549. The van der Waals surface area contributed by atoms with Crippen LogP contribution in [0, 0.1) is 0 Å². The van der Waals surface area contributed by atoms with E-state index in [0.29, 0.717) is 17.8 Å². The highest BCUT2D eigenvalue weighted by Gasteiger charge is 2.63. The van der Waals surface area contributed by atoms with E-state index in [9.17, 15) is 30.4 Å². The molecule has 6 nitrogen and oxygen atoms in total. The molecule has 1 N–H and O–H groups in total. The summed E-state index contributed by atoms with van der Waals surface area (Å²) in [6.45, 7) is 0. The predicted octanol–water partition coefficient (Wildman–Crippen LogP) is 4.29. The molecule has 0 aliphatic heterocycles. The third kappa shape index (κ3) is 3.84. The second-order valence-electron chi connectivity index (χ2n) is 6.59. The Hall–Kier alpha value is -2.38. The predicted molar refractivity (Wildman–Crippen MR) is 95.5 cm³/mol. The number of hydrogen-bond donors (Lipinski definition) is 1. The highest BCUT2D eigenvalue weighted by Crippen LogP contribution is 2.44. The number of benzene rings is 1. The molecule has 1 aromatic carbocycles. The highest BCUT2D eigenvalue weighted by atomic mass is 32.2. The number of sulfonamides is 1. The van der Waals surface area contributed by atoms with Gasteiger partial charge in [0.05, 0.1) is 4.88 Å². The van der Waals surface area contributed by atoms with Gasteiger partial charge in [0.25, 0.3) is 0 Å². The average Bonchev–Trinajstić information content (AvgIpc) is 3.10. The van der Waals surface area contributed by atoms with Crippen LogP contribution in [0.4, 0.5) is 22.0 Å². The van der Waals surface area contributed by atoms with Gasteiger partial charge in [-0.25, -0.2) is 13.1 Å². The topological polar surface area (TPSA) is 85.1 Å². The van der Waals surface area contributed by atoms with Crippen molar-refractivity contribution in [1.29, 1.82) is 0 Å². The van der Waals surface area contributed by atoms with E-state index in [1.807, 2.05) is 30.3 Å². The van der Waals surface area contributed by atoms with Crippen LogP contribution < -0.4 is 4.72 Å². The van der Waals surface area contributed by atoms with Gasteiger partial charge in [-0.2, -0.15) is 26.9 Å². The van der Waals surface area contributed by atoms with Crippen LogP contribution in [0.2, 0.25) is 0 Å². The van der Waals surface area contributed by atoms with Crippen molar-refractivity contribution in [3.8, 4) is 10.7 Å². The van der Waals surface area contributed by atoms with Gasteiger partial charge in [-0.15, -0.1) is 11.3 Å². The smallest absolute Gasteiger partial charge is 0.332 e. The summed E-state index contributed by atoms with van der Waals surface area (Å²) >= 11 is 0.630. The molecular weight excluding hydrogens is 453 g/mol. The first-order valence-electron chi connectivity index (χ1n) is 8.45. The molecule has 1 fully saturated rings. The molecule has 0 saturated heterocycles. The van der Waals surface area contributed by atoms with Crippen molar-refractivity contribution < 1.29 is 34.9 Å². The van der Waals surface area contributed by atoms with E-state index in [4.69, 9.17) is 0 Å². The lowest BCUT2D eigenvalue weighted by Crippen LogP contribution is -2.33. The molecule has 1 aliphatic carbocycles. The van der Waals surface area contributed by atoms with Gasteiger partial charge < -0.3 is 4.52 Å². The monoisotopic (exact) mass is 465 g/mol. The summed E-state index contributed by atoms with van der Waals surface area (Å²) in [4.78, 5) is 3.06. The van der Waals surface area contributed by atoms with Crippen LogP contribution in [0.1, 0.15) is 23.8 Å². The second-order valence-corrected chi connectivity index (χ2v) is 9.62. The van der Waals surface area contributed by atoms with Crippen LogP contribution in [-0.4, -0.2) is 30.8 Å². The van der Waals surface area contributed by atoms with E-state index < -0.39 is 33.8 Å². The molecule has 13 heteroatoms. The van der Waals surface area contributed by atoms with Gasteiger partial charge in [0, 0.05) is 12.0 Å². The number of rotatable bonds is 6. The first-order valence-corrected chi connectivity index (χ1v) is 10.8. The molecule has 1 aliphatic rings. The second kappa shape index (κ2) is 7.10. The lowest BCUT2D eigenvalue weighted by atomic mass is 10.1. The van der Waals surface area contributed by atoms with Gasteiger partial charge in [-0.3, -0.25) is 0 Å². The maximum absolute atomic E-state index is 13.3. The molecule has 0 unspecified atom stereocenters. The van der Waals surface area contributed by atoms with Crippen molar-refractivity contribution in [2.75, 3.05) is 0 Å². The molecule has 2 aromatic heterocycles. The number of halogens is 5. The molecular formula is C17H12F5N3O3S2. The van der Waals surface area contributed by atoms with Crippen LogP contribution in [-0.2, 0) is 15.9 Å². The fourth-order valence-electron chi connectivity index (χ4n) is 2.81. The lowest BCUT2D eigenvalue weighted by Gasteiger charge is -2.14. The van der Waals surface area contributed by atoms with Crippen LogP contribution in [0.25, 0.3) is 10.7 Å². The molecule has 0 spiro atoms. The molecule has 0 bridgehead atoms. The lowest BCUT2D eigenvalue weighted by molar-refractivity contribution is -0.298. The Morgan fingerprint density at radius 3 is 2.43 bits per heavy atom. The van der Waals surface area contributed by atoms with Crippen LogP contribution in [0.3, 0.4) is 0 Å². The van der Waals surface area contributed by atoms with Crippen molar-refractivity contribution in [2.24, 2.45) is 0 Å². The summed E-state index contributed by atoms with van der Waals surface area (Å²) in [6, 6.07) is 11.5. The molecule has 0 radical (unpaired) electrons. The number of nitrogens with one attached hydrogen (secondary N) is 1. The van der Waals surface area contributed by atoms with Crippen molar-refractivity contribution >= 4 is 21.4 Å². The third-order valence-electron chi connectivity index (χ3n) is 4.44. The molecule has 4 rings (SSSR count). The molecule has 2 heterocycles. The van der Waals surface area contributed by atoms with E-state index in [-0.39, 0.29) is 21.0 Å². The van der Waals surface area contributed by atoms with Gasteiger partial charge >= 0.3 is 18.0 Å². The summed E-state index contributed by atoms with van der Waals surface area (Å²) < 4.78 is 95.4. The first kappa shape index (κ1) is 20.9. The average molecular weight is 465 g/mol. The maximum Gasteiger partial charge on any atom is 0.463 e. The fraction of sp³-hybridized carbons (Fsp3) is 0.294. The van der Waals surface area contributed by atoms with Gasteiger partial charge in [0.2, 0.25) is 15.8 Å². The van der Waals surface area contributed by atoms with Crippen LogP contribution in [0.5, 0.6) is 0 Å². The zero-order valence-electron chi connectivity index (χ0n) is 14.7. The van der Waals surface area contributed by atoms with E-state index in [1.54, 1.807) is 0 Å². The SMILES string of the molecule is O=S(=O)(N[C@H]1C[C@@H]1c1ccccc1)c1ccc(-c2noc(C(F)(F)C(F)(F)F)n2)s1. The Morgan fingerprint density at radius 1 is 1.07 bits per heavy atom. The van der Waals surface area contributed by atoms with E-state index in [2.05, 4.69) is 19.4 Å². The largest absolute Gasteiger partial charge is 0.463 e. The molecule has 0 amide bonds. The summed E-state index contributed by atoms with van der Waals surface area (Å²) in [7, 11) is -3.92. The van der Waals surface area contributed by atoms with E-state index in [1.165, 1.54) is 12.1 Å². The fourth-order valence-corrected chi connectivity index (χ4v) is 5.35. The zero-order valence-corrected chi connectivity index (χ0v) is 16.4. The Labute approximate surface area is 170 Å². The van der Waals surface area contributed by atoms with E-state index in [0.717, 1.165) is 5.56 Å². The summed E-state index contributed by atoms with van der Waals surface area (Å²) in [5, 5.41) is 3.12. The third-order valence-corrected chi connectivity index (χ3v) is 7.50. The van der Waals surface area contributed by atoms with Gasteiger partial charge in [-0.05, 0) is 24.1 Å². The number of aromatic nitrogens is 2. The van der Waals surface area contributed by atoms with Crippen molar-refractivity contribution in [2.45, 2.75) is 34.7 Å².